The van der Waals surface area contributed by atoms with E-state index >= 15 is 0 Å². The number of amides is 1. The molecule has 0 atom stereocenters. The van der Waals surface area contributed by atoms with Gasteiger partial charge in [0.15, 0.2) is 5.82 Å². The minimum absolute atomic E-state index is 0.0387. The summed E-state index contributed by atoms with van der Waals surface area (Å²) in [4.78, 5) is 15.9. The fraction of sp³-hybridized carbons (Fsp3) is 0. The fourth-order valence-corrected chi connectivity index (χ4v) is 2.67. The van der Waals surface area contributed by atoms with Crippen LogP contribution in [0.25, 0.3) is 17.1 Å². The summed E-state index contributed by atoms with van der Waals surface area (Å²) in [6.45, 7) is 0. The molecule has 1 heterocycles. The van der Waals surface area contributed by atoms with Crippen LogP contribution < -0.4 is 10.5 Å². The number of hydrogen-bond donors (Lipinski definition) is 1. The molecule has 132 valence electrons. The maximum absolute atomic E-state index is 11.6. The number of nitrogens with two attached hydrogens (primary N) is 1. The molecule has 0 unspecified atom stereocenters. The number of carbonyl (C=O) groups is 1. The Labute approximate surface area is 155 Å². The molecular formula is C21H16N4O2. The first-order valence-electron chi connectivity index (χ1n) is 8.36. The number of ether oxygens (including phenoxy) is 1. The van der Waals surface area contributed by atoms with E-state index in [1.54, 1.807) is 4.68 Å². The van der Waals surface area contributed by atoms with Crippen LogP contribution in [0.2, 0.25) is 0 Å². The molecule has 4 aromatic rings. The number of nitrogens with zero attached hydrogens (tertiary/aromatic N) is 3. The first-order valence-corrected chi connectivity index (χ1v) is 8.36. The fourth-order valence-electron chi connectivity index (χ4n) is 2.67. The van der Waals surface area contributed by atoms with Crippen LogP contribution in [0.15, 0.2) is 84.9 Å². The average Bonchev–Trinajstić information content (AvgIpc) is 3.16. The molecule has 27 heavy (non-hydrogen) atoms. The van der Waals surface area contributed by atoms with Crippen LogP contribution in [0.5, 0.6) is 11.5 Å². The largest absolute Gasteiger partial charge is 0.457 e. The minimum Gasteiger partial charge on any atom is -0.457 e. The molecule has 4 rings (SSSR count). The molecule has 6 nitrogen and oxygen atoms in total. The Morgan fingerprint density at radius 1 is 0.852 bits per heavy atom. The van der Waals surface area contributed by atoms with Gasteiger partial charge in [-0.3, -0.25) is 4.79 Å². The summed E-state index contributed by atoms with van der Waals surface area (Å²) < 4.78 is 7.48. The maximum atomic E-state index is 11.6. The van der Waals surface area contributed by atoms with Crippen molar-refractivity contribution in [3.05, 3.63) is 90.8 Å². The van der Waals surface area contributed by atoms with Gasteiger partial charge in [-0.05, 0) is 24.3 Å². The number of benzene rings is 3. The van der Waals surface area contributed by atoms with Crippen LogP contribution in [0.4, 0.5) is 0 Å². The molecule has 0 fully saturated rings. The van der Waals surface area contributed by atoms with Crippen LogP contribution in [0, 0.1) is 0 Å². The number of aromatic nitrogens is 3. The summed E-state index contributed by atoms with van der Waals surface area (Å²) >= 11 is 0. The Morgan fingerprint density at radius 2 is 1.52 bits per heavy atom. The van der Waals surface area contributed by atoms with Crippen molar-refractivity contribution >= 4 is 5.91 Å². The van der Waals surface area contributed by atoms with E-state index in [-0.39, 0.29) is 5.82 Å². The predicted molar refractivity (Wildman–Crippen MR) is 102 cm³/mol. The molecule has 0 aliphatic carbocycles. The van der Waals surface area contributed by atoms with Gasteiger partial charge < -0.3 is 10.5 Å². The molecule has 0 saturated heterocycles. The summed E-state index contributed by atoms with van der Waals surface area (Å²) in [6.07, 6.45) is 0. The van der Waals surface area contributed by atoms with Crippen LogP contribution >= 0.6 is 0 Å². The molecule has 0 saturated carbocycles. The van der Waals surface area contributed by atoms with E-state index in [1.165, 1.54) is 0 Å². The zero-order valence-electron chi connectivity index (χ0n) is 14.3. The van der Waals surface area contributed by atoms with Crippen LogP contribution in [-0.2, 0) is 0 Å². The van der Waals surface area contributed by atoms with Gasteiger partial charge in [0, 0.05) is 11.6 Å². The second-order valence-corrected chi connectivity index (χ2v) is 5.81. The van der Waals surface area contributed by atoms with Crippen molar-refractivity contribution in [1.29, 1.82) is 0 Å². The van der Waals surface area contributed by atoms with Gasteiger partial charge in [-0.2, -0.15) is 0 Å². The lowest BCUT2D eigenvalue weighted by Gasteiger charge is -2.09. The number of primary amides is 1. The van der Waals surface area contributed by atoms with Gasteiger partial charge >= 0.3 is 0 Å². The van der Waals surface area contributed by atoms with Crippen molar-refractivity contribution < 1.29 is 9.53 Å². The van der Waals surface area contributed by atoms with Gasteiger partial charge in [0.05, 0.1) is 5.69 Å². The van der Waals surface area contributed by atoms with Gasteiger partial charge in [0.1, 0.15) is 11.5 Å². The third-order valence-corrected chi connectivity index (χ3v) is 3.90. The lowest BCUT2D eigenvalue weighted by Crippen LogP contribution is -2.13. The highest BCUT2D eigenvalue weighted by Gasteiger charge is 2.17. The molecule has 0 radical (unpaired) electrons. The van der Waals surface area contributed by atoms with Gasteiger partial charge in [-0.1, -0.05) is 54.6 Å². The summed E-state index contributed by atoms with van der Waals surface area (Å²) in [6, 6.07) is 26.4. The number of rotatable bonds is 5. The minimum atomic E-state index is -0.678. The highest BCUT2D eigenvalue weighted by atomic mass is 16.5. The van der Waals surface area contributed by atoms with Crippen molar-refractivity contribution in [3.8, 4) is 28.6 Å². The molecule has 3 aromatic carbocycles. The van der Waals surface area contributed by atoms with Gasteiger partial charge in [-0.25, -0.2) is 9.67 Å². The molecule has 0 bridgehead atoms. The molecule has 0 spiro atoms. The normalized spacial score (nSPS) is 10.5. The SMILES string of the molecule is NC(=O)c1nc(-c2ccccc2)n(-c2cccc(Oc3ccccc3)c2)n1. The van der Waals surface area contributed by atoms with Crippen molar-refractivity contribution in [2.24, 2.45) is 5.73 Å². The Bertz CT molecular complexity index is 1080. The van der Waals surface area contributed by atoms with Gasteiger partial charge in [0.2, 0.25) is 5.82 Å². The molecule has 6 heteroatoms. The standard InChI is InChI=1S/C21H16N4O2/c22-19(26)20-23-21(15-8-3-1-4-9-15)25(24-20)16-10-7-13-18(14-16)27-17-11-5-2-6-12-17/h1-14H,(H2,22,26). The number of hydrogen-bond acceptors (Lipinski definition) is 4. The molecule has 0 aliphatic rings. The smallest absolute Gasteiger partial charge is 0.288 e. The summed E-state index contributed by atoms with van der Waals surface area (Å²) in [5.41, 5.74) is 6.92. The maximum Gasteiger partial charge on any atom is 0.288 e. The Hall–Kier alpha value is -3.93. The first kappa shape index (κ1) is 16.5. The monoisotopic (exact) mass is 356 g/mol. The topological polar surface area (TPSA) is 83.0 Å². The third-order valence-electron chi connectivity index (χ3n) is 3.90. The Kier molecular flexibility index (Phi) is 4.37. The van der Waals surface area contributed by atoms with Crippen molar-refractivity contribution in [2.45, 2.75) is 0 Å². The quantitative estimate of drug-likeness (QED) is 0.589. The predicted octanol–water partition coefficient (Wildman–Crippen LogP) is 3.83. The second kappa shape index (κ2) is 7.13. The first-order chi connectivity index (χ1) is 13.2. The van der Waals surface area contributed by atoms with Crippen molar-refractivity contribution in [1.82, 2.24) is 14.8 Å². The molecule has 1 amide bonds. The van der Waals surface area contributed by atoms with E-state index in [2.05, 4.69) is 10.1 Å². The molecular weight excluding hydrogens is 340 g/mol. The highest BCUT2D eigenvalue weighted by molar-refractivity contribution is 5.89. The lowest BCUT2D eigenvalue weighted by atomic mass is 10.2. The molecule has 2 N–H and O–H groups in total. The van der Waals surface area contributed by atoms with E-state index in [0.29, 0.717) is 17.3 Å². The van der Waals surface area contributed by atoms with Crippen LogP contribution in [-0.4, -0.2) is 20.7 Å². The number of carbonyl (C=O) groups excluding carboxylic acids is 1. The van der Waals surface area contributed by atoms with E-state index in [1.807, 2.05) is 84.9 Å². The summed E-state index contributed by atoms with van der Waals surface area (Å²) in [7, 11) is 0. The summed E-state index contributed by atoms with van der Waals surface area (Å²) in [5.74, 6) is 1.19. The third kappa shape index (κ3) is 3.55. The zero-order chi connectivity index (χ0) is 18.6. The van der Waals surface area contributed by atoms with Gasteiger partial charge in [-0.15, -0.1) is 5.10 Å². The zero-order valence-corrected chi connectivity index (χ0v) is 14.3. The van der Waals surface area contributed by atoms with Gasteiger partial charge in [0.25, 0.3) is 5.91 Å². The highest BCUT2D eigenvalue weighted by Crippen LogP contribution is 2.26. The van der Waals surface area contributed by atoms with E-state index in [4.69, 9.17) is 10.5 Å². The van der Waals surface area contributed by atoms with Crippen molar-refractivity contribution in [2.75, 3.05) is 0 Å². The molecule has 0 aliphatic heterocycles. The second-order valence-electron chi connectivity index (χ2n) is 5.81. The van der Waals surface area contributed by atoms with Crippen LogP contribution in [0.3, 0.4) is 0 Å². The van der Waals surface area contributed by atoms with E-state index in [9.17, 15) is 4.79 Å². The number of para-hydroxylation sites is 1. The molecule has 1 aromatic heterocycles. The lowest BCUT2D eigenvalue weighted by molar-refractivity contribution is 0.0990. The summed E-state index contributed by atoms with van der Waals surface area (Å²) in [5, 5.41) is 4.28. The van der Waals surface area contributed by atoms with Crippen molar-refractivity contribution in [3.63, 3.8) is 0 Å². The Morgan fingerprint density at radius 3 is 2.22 bits per heavy atom. The van der Waals surface area contributed by atoms with E-state index in [0.717, 1.165) is 11.3 Å². The van der Waals surface area contributed by atoms with Crippen LogP contribution in [0.1, 0.15) is 10.6 Å². The Balaban J connectivity index is 1.77. The average molecular weight is 356 g/mol. The van der Waals surface area contributed by atoms with E-state index < -0.39 is 5.91 Å².